The van der Waals surface area contributed by atoms with Crippen LogP contribution < -0.4 is 0 Å². The number of aromatic nitrogens is 1. The number of hydrogen-bond donors (Lipinski definition) is 0. The quantitative estimate of drug-likeness (QED) is 0.758. The van der Waals surface area contributed by atoms with Crippen molar-refractivity contribution in [3.8, 4) is 0 Å². The van der Waals surface area contributed by atoms with E-state index in [0.717, 1.165) is 6.42 Å². The topological polar surface area (TPSA) is 12.9 Å². The largest absolute Gasteiger partial charge is 0.249 e. The zero-order valence-electron chi connectivity index (χ0n) is 11.1. The van der Waals surface area contributed by atoms with Crippen LogP contribution in [0.4, 0.5) is 0 Å². The lowest BCUT2D eigenvalue weighted by atomic mass is 9.77. The van der Waals surface area contributed by atoms with Crippen molar-refractivity contribution in [2.45, 2.75) is 59.3 Å². The first-order valence-corrected chi connectivity index (χ1v) is 7.12. The Bertz CT molecular complexity index is 366. The summed E-state index contributed by atoms with van der Waals surface area (Å²) in [5, 5.41) is 1.32. The molecule has 1 heterocycles. The van der Waals surface area contributed by atoms with Crippen molar-refractivity contribution in [3.05, 3.63) is 16.1 Å². The van der Waals surface area contributed by atoms with Crippen LogP contribution in [0.2, 0.25) is 0 Å². The lowest BCUT2D eigenvalue weighted by Gasteiger charge is -2.29. The summed E-state index contributed by atoms with van der Waals surface area (Å²) >= 11 is 1.95. The van der Waals surface area contributed by atoms with E-state index < -0.39 is 0 Å². The van der Waals surface area contributed by atoms with Gasteiger partial charge in [0.15, 0.2) is 0 Å². The third kappa shape index (κ3) is 2.04. The van der Waals surface area contributed by atoms with Crippen molar-refractivity contribution < 1.29 is 0 Å². The number of hydrogen-bond acceptors (Lipinski definition) is 2. The highest BCUT2D eigenvalue weighted by molar-refractivity contribution is 7.11. The molecule has 1 nitrogen and oxygen atoms in total. The van der Waals surface area contributed by atoms with Gasteiger partial charge in [-0.1, -0.05) is 34.6 Å². The summed E-state index contributed by atoms with van der Waals surface area (Å²) < 4.78 is 0. The van der Waals surface area contributed by atoms with Crippen LogP contribution in [0.5, 0.6) is 0 Å². The van der Waals surface area contributed by atoms with Crippen molar-refractivity contribution >= 4 is 11.3 Å². The summed E-state index contributed by atoms with van der Waals surface area (Å²) in [5.74, 6) is 0.712. The SMILES string of the molecule is CC(C)Cc1ncc(C2(C(C)(C)C)CC2)s1. The summed E-state index contributed by atoms with van der Waals surface area (Å²) in [4.78, 5) is 6.12. The Kier molecular flexibility index (Phi) is 2.90. The van der Waals surface area contributed by atoms with Gasteiger partial charge in [0.1, 0.15) is 0 Å². The van der Waals surface area contributed by atoms with E-state index >= 15 is 0 Å². The third-order valence-corrected chi connectivity index (χ3v) is 5.02. The minimum Gasteiger partial charge on any atom is -0.249 e. The maximum absolute atomic E-state index is 4.59. The first-order chi connectivity index (χ1) is 7.35. The molecular weight excluding hydrogens is 214 g/mol. The van der Waals surface area contributed by atoms with Gasteiger partial charge < -0.3 is 0 Å². The zero-order valence-corrected chi connectivity index (χ0v) is 11.9. The number of nitrogens with zero attached hydrogens (tertiary/aromatic N) is 1. The lowest BCUT2D eigenvalue weighted by molar-refractivity contribution is 0.303. The number of thiazole rings is 1. The lowest BCUT2D eigenvalue weighted by Crippen LogP contribution is -2.24. The smallest absolute Gasteiger partial charge is 0.0930 e. The Labute approximate surface area is 103 Å². The Morgan fingerprint density at radius 2 is 2.00 bits per heavy atom. The second-order valence-corrected chi connectivity index (χ2v) is 7.66. The molecule has 1 fully saturated rings. The maximum atomic E-state index is 4.59. The van der Waals surface area contributed by atoms with Gasteiger partial charge in [0.25, 0.3) is 0 Å². The van der Waals surface area contributed by atoms with Gasteiger partial charge in [-0.15, -0.1) is 11.3 Å². The molecule has 0 saturated heterocycles. The Morgan fingerprint density at radius 3 is 2.44 bits per heavy atom. The van der Waals surface area contributed by atoms with E-state index in [1.165, 1.54) is 22.7 Å². The summed E-state index contributed by atoms with van der Waals surface area (Å²) in [7, 11) is 0. The van der Waals surface area contributed by atoms with E-state index in [1.807, 2.05) is 11.3 Å². The third-order valence-electron chi connectivity index (χ3n) is 3.79. The molecule has 0 radical (unpaired) electrons. The molecule has 90 valence electrons. The van der Waals surface area contributed by atoms with Gasteiger partial charge in [-0.25, -0.2) is 4.98 Å². The van der Waals surface area contributed by atoms with Crippen LogP contribution in [-0.4, -0.2) is 4.98 Å². The maximum Gasteiger partial charge on any atom is 0.0930 e. The highest BCUT2D eigenvalue weighted by Crippen LogP contribution is 2.60. The van der Waals surface area contributed by atoms with Crippen molar-refractivity contribution in [1.29, 1.82) is 0 Å². The van der Waals surface area contributed by atoms with Crippen molar-refractivity contribution in [3.63, 3.8) is 0 Å². The van der Waals surface area contributed by atoms with Crippen LogP contribution in [0.3, 0.4) is 0 Å². The average Bonchev–Trinajstić information content (AvgIpc) is 2.82. The van der Waals surface area contributed by atoms with Gasteiger partial charge in [-0.05, 0) is 24.2 Å². The molecule has 2 rings (SSSR count). The van der Waals surface area contributed by atoms with Crippen LogP contribution >= 0.6 is 11.3 Å². The first-order valence-electron chi connectivity index (χ1n) is 6.30. The molecule has 0 aliphatic heterocycles. The average molecular weight is 237 g/mol. The predicted molar refractivity (Wildman–Crippen MR) is 71.0 cm³/mol. The zero-order chi connectivity index (χ0) is 12.0. The van der Waals surface area contributed by atoms with Crippen LogP contribution in [0.1, 0.15) is 57.3 Å². The molecule has 1 aromatic rings. The fraction of sp³-hybridized carbons (Fsp3) is 0.786. The molecule has 0 bridgehead atoms. The molecule has 2 heteroatoms. The fourth-order valence-electron chi connectivity index (χ4n) is 2.47. The van der Waals surface area contributed by atoms with E-state index in [9.17, 15) is 0 Å². The molecule has 16 heavy (non-hydrogen) atoms. The van der Waals surface area contributed by atoms with Gasteiger partial charge >= 0.3 is 0 Å². The van der Waals surface area contributed by atoms with Crippen LogP contribution in [0.25, 0.3) is 0 Å². The van der Waals surface area contributed by atoms with E-state index in [4.69, 9.17) is 0 Å². The van der Waals surface area contributed by atoms with Gasteiger partial charge in [-0.3, -0.25) is 0 Å². The minimum absolute atomic E-state index is 0.384. The molecule has 0 aromatic carbocycles. The number of rotatable bonds is 3. The second kappa shape index (κ2) is 3.83. The van der Waals surface area contributed by atoms with Crippen LogP contribution in [0, 0.1) is 11.3 Å². The van der Waals surface area contributed by atoms with Crippen LogP contribution in [-0.2, 0) is 11.8 Å². The standard InChI is InChI=1S/C14H23NS/c1-10(2)8-12-15-9-11(16-12)14(6-7-14)13(3,4)5/h9-10H,6-8H2,1-5H3. The Hall–Kier alpha value is -0.370. The highest BCUT2D eigenvalue weighted by Gasteiger charge is 2.54. The van der Waals surface area contributed by atoms with Gasteiger partial charge in [0, 0.05) is 22.9 Å². The second-order valence-electron chi connectivity index (χ2n) is 6.55. The highest BCUT2D eigenvalue weighted by atomic mass is 32.1. The van der Waals surface area contributed by atoms with Gasteiger partial charge in [-0.2, -0.15) is 0 Å². The molecule has 1 aliphatic carbocycles. The molecule has 1 aliphatic rings. The van der Waals surface area contributed by atoms with E-state index in [1.54, 1.807) is 0 Å². The summed E-state index contributed by atoms with van der Waals surface area (Å²) in [6.07, 6.45) is 5.96. The van der Waals surface area contributed by atoms with Crippen molar-refractivity contribution in [2.24, 2.45) is 11.3 Å². The van der Waals surface area contributed by atoms with Crippen molar-refractivity contribution in [1.82, 2.24) is 4.98 Å². The molecule has 0 unspecified atom stereocenters. The van der Waals surface area contributed by atoms with E-state index in [2.05, 4.69) is 45.8 Å². The molecule has 1 aromatic heterocycles. The van der Waals surface area contributed by atoms with Crippen molar-refractivity contribution in [2.75, 3.05) is 0 Å². The van der Waals surface area contributed by atoms with Gasteiger partial charge in [0.05, 0.1) is 5.01 Å². The molecule has 0 atom stereocenters. The molecule has 0 spiro atoms. The molecule has 0 amide bonds. The van der Waals surface area contributed by atoms with E-state index in [0.29, 0.717) is 16.7 Å². The Balaban J connectivity index is 2.20. The summed E-state index contributed by atoms with van der Waals surface area (Å²) in [5.41, 5.74) is 0.828. The minimum atomic E-state index is 0.384. The molecule has 0 N–H and O–H groups in total. The van der Waals surface area contributed by atoms with Gasteiger partial charge in [0.2, 0.25) is 0 Å². The predicted octanol–water partition coefficient (Wildman–Crippen LogP) is 4.42. The molecule has 1 saturated carbocycles. The Morgan fingerprint density at radius 1 is 1.38 bits per heavy atom. The normalized spacial score (nSPS) is 19.1. The molecular formula is C14H23NS. The first kappa shape index (κ1) is 12.1. The van der Waals surface area contributed by atoms with Crippen LogP contribution in [0.15, 0.2) is 6.20 Å². The summed E-state index contributed by atoms with van der Waals surface area (Å²) in [6, 6.07) is 0. The monoisotopic (exact) mass is 237 g/mol. The summed E-state index contributed by atoms with van der Waals surface area (Å²) in [6.45, 7) is 11.6. The fourth-order valence-corrected chi connectivity index (χ4v) is 4.05. The van der Waals surface area contributed by atoms with E-state index in [-0.39, 0.29) is 0 Å².